The topological polar surface area (TPSA) is 62.5 Å². The number of hydrogen-bond acceptors (Lipinski definition) is 5. The fourth-order valence-corrected chi connectivity index (χ4v) is 3.17. The molecule has 1 aliphatic heterocycles. The summed E-state index contributed by atoms with van der Waals surface area (Å²) in [5.74, 6) is 1.28. The van der Waals surface area contributed by atoms with Crippen molar-refractivity contribution in [3.05, 3.63) is 40.9 Å². The Morgan fingerprint density at radius 3 is 2.41 bits per heavy atom. The van der Waals surface area contributed by atoms with Gasteiger partial charge in [0, 0.05) is 44.4 Å². The number of hydrogen-bond donors (Lipinski definition) is 0. The van der Waals surface area contributed by atoms with E-state index in [0.717, 1.165) is 29.3 Å². The van der Waals surface area contributed by atoms with Crippen LogP contribution < -0.4 is 4.90 Å². The van der Waals surface area contributed by atoms with Gasteiger partial charge >= 0.3 is 6.18 Å². The summed E-state index contributed by atoms with van der Waals surface area (Å²) >= 11 is 0. The first-order valence-corrected chi connectivity index (χ1v) is 8.73. The lowest BCUT2D eigenvalue weighted by atomic mass is 10.1. The minimum atomic E-state index is -4.39. The summed E-state index contributed by atoms with van der Waals surface area (Å²) in [5.41, 5.74) is 1.01. The Morgan fingerprint density at radius 2 is 1.89 bits per heavy atom. The second-order valence-electron chi connectivity index (χ2n) is 6.57. The molecular weight excluding hydrogens is 361 g/mol. The molecule has 1 amide bonds. The Morgan fingerprint density at radius 1 is 1.19 bits per heavy atom. The van der Waals surface area contributed by atoms with Crippen molar-refractivity contribution in [2.45, 2.75) is 32.9 Å². The standard InChI is InChI=1S/C18H21F3N4O2/c1-12-15(13(2)27-23-12)4-6-17(26)25-9-7-24(8-10-25)16-5-3-14(11-22-16)18(19,20)21/h3,5,11H,4,6-10H2,1-2H3. The Bertz CT molecular complexity index is 774. The maximum absolute atomic E-state index is 12.6. The number of aryl methyl sites for hydroxylation is 2. The van der Waals surface area contributed by atoms with E-state index in [0.29, 0.717) is 44.8 Å². The molecule has 3 rings (SSSR count). The van der Waals surface area contributed by atoms with Gasteiger partial charge in [-0.1, -0.05) is 5.16 Å². The largest absolute Gasteiger partial charge is 0.417 e. The average molecular weight is 382 g/mol. The minimum Gasteiger partial charge on any atom is -0.361 e. The van der Waals surface area contributed by atoms with Crippen molar-refractivity contribution in [1.29, 1.82) is 0 Å². The summed E-state index contributed by atoms with van der Waals surface area (Å²) in [5, 5.41) is 3.89. The molecule has 1 saturated heterocycles. The van der Waals surface area contributed by atoms with Crippen LogP contribution >= 0.6 is 0 Å². The molecule has 1 aliphatic rings. The zero-order valence-corrected chi connectivity index (χ0v) is 15.2. The van der Waals surface area contributed by atoms with E-state index in [1.807, 2.05) is 18.7 Å². The van der Waals surface area contributed by atoms with Gasteiger partial charge in [0.25, 0.3) is 0 Å². The van der Waals surface area contributed by atoms with Gasteiger partial charge in [-0.15, -0.1) is 0 Å². The van der Waals surface area contributed by atoms with Crippen molar-refractivity contribution in [2.75, 3.05) is 31.1 Å². The van der Waals surface area contributed by atoms with Crippen LogP contribution in [0.5, 0.6) is 0 Å². The summed E-state index contributed by atoms with van der Waals surface area (Å²) in [6.07, 6.45) is -2.59. The van der Waals surface area contributed by atoms with Crippen LogP contribution in [-0.4, -0.2) is 47.1 Å². The number of pyridine rings is 1. The highest BCUT2D eigenvalue weighted by molar-refractivity contribution is 5.76. The van der Waals surface area contributed by atoms with Gasteiger partial charge < -0.3 is 14.3 Å². The fraction of sp³-hybridized carbons (Fsp3) is 0.500. The molecule has 9 heteroatoms. The van der Waals surface area contributed by atoms with Crippen molar-refractivity contribution in [1.82, 2.24) is 15.0 Å². The SMILES string of the molecule is Cc1noc(C)c1CCC(=O)N1CCN(c2ccc(C(F)(F)F)cn2)CC1. The van der Waals surface area contributed by atoms with E-state index in [9.17, 15) is 18.0 Å². The summed E-state index contributed by atoms with van der Waals surface area (Å²) in [4.78, 5) is 20.0. The highest BCUT2D eigenvalue weighted by Crippen LogP contribution is 2.29. The number of aromatic nitrogens is 2. The Hall–Kier alpha value is -2.58. The summed E-state index contributed by atoms with van der Waals surface area (Å²) in [6.45, 7) is 5.79. The molecule has 146 valence electrons. The minimum absolute atomic E-state index is 0.0510. The van der Waals surface area contributed by atoms with Crippen LogP contribution in [0, 0.1) is 13.8 Å². The first-order chi connectivity index (χ1) is 12.8. The van der Waals surface area contributed by atoms with Crippen molar-refractivity contribution in [3.8, 4) is 0 Å². The quantitative estimate of drug-likeness (QED) is 0.814. The van der Waals surface area contributed by atoms with Crippen LogP contribution in [-0.2, 0) is 17.4 Å². The lowest BCUT2D eigenvalue weighted by Crippen LogP contribution is -2.49. The van der Waals surface area contributed by atoms with Crippen molar-refractivity contribution in [3.63, 3.8) is 0 Å². The molecular formula is C18H21F3N4O2. The van der Waals surface area contributed by atoms with Crippen LogP contribution in [0.1, 0.15) is 29.0 Å². The van der Waals surface area contributed by atoms with Gasteiger partial charge in [0.15, 0.2) is 0 Å². The van der Waals surface area contributed by atoms with Crippen LogP contribution in [0.4, 0.5) is 19.0 Å². The Balaban J connectivity index is 1.52. The second kappa shape index (κ2) is 7.58. The normalized spacial score (nSPS) is 15.3. The number of carbonyl (C=O) groups is 1. The molecule has 0 atom stereocenters. The van der Waals surface area contributed by atoms with Gasteiger partial charge in [-0.3, -0.25) is 4.79 Å². The number of piperazine rings is 1. The highest BCUT2D eigenvalue weighted by atomic mass is 19.4. The lowest BCUT2D eigenvalue weighted by molar-refractivity contribution is -0.137. The van der Waals surface area contributed by atoms with E-state index in [2.05, 4.69) is 10.1 Å². The summed E-state index contributed by atoms with van der Waals surface area (Å²) < 4.78 is 43.0. The number of amides is 1. The first kappa shape index (κ1) is 19.2. The van der Waals surface area contributed by atoms with Gasteiger partial charge in [0.05, 0.1) is 11.3 Å². The smallest absolute Gasteiger partial charge is 0.361 e. The Kier molecular flexibility index (Phi) is 5.38. The fourth-order valence-electron chi connectivity index (χ4n) is 3.17. The average Bonchev–Trinajstić information content (AvgIpc) is 2.97. The molecule has 2 aromatic heterocycles. The molecule has 0 N–H and O–H groups in total. The molecule has 0 radical (unpaired) electrons. The van der Waals surface area contributed by atoms with Gasteiger partial charge in [0.1, 0.15) is 11.6 Å². The summed E-state index contributed by atoms with van der Waals surface area (Å²) in [7, 11) is 0. The van der Waals surface area contributed by atoms with Crippen molar-refractivity contribution in [2.24, 2.45) is 0 Å². The van der Waals surface area contributed by atoms with Crippen molar-refractivity contribution < 1.29 is 22.5 Å². The van der Waals surface area contributed by atoms with E-state index >= 15 is 0 Å². The monoisotopic (exact) mass is 382 g/mol. The molecule has 6 nitrogen and oxygen atoms in total. The number of alkyl halides is 3. The lowest BCUT2D eigenvalue weighted by Gasteiger charge is -2.35. The predicted octanol–water partition coefficient (Wildman–Crippen LogP) is 2.99. The highest BCUT2D eigenvalue weighted by Gasteiger charge is 2.31. The van der Waals surface area contributed by atoms with E-state index in [-0.39, 0.29) is 5.91 Å². The molecule has 3 heterocycles. The van der Waals surface area contributed by atoms with E-state index < -0.39 is 11.7 Å². The number of halogens is 3. The maximum Gasteiger partial charge on any atom is 0.417 e. The first-order valence-electron chi connectivity index (χ1n) is 8.73. The molecule has 27 heavy (non-hydrogen) atoms. The van der Waals surface area contributed by atoms with Crippen LogP contribution in [0.25, 0.3) is 0 Å². The number of anilines is 1. The summed E-state index contributed by atoms with van der Waals surface area (Å²) in [6, 6.07) is 2.40. The van der Waals surface area contributed by atoms with E-state index in [4.69, 9.17) is 4.52 Å². The molecule has 0 aromatic carbocycles. The van der Waals surface area contributed by atoms with Crippen molar-refractivity contribution >= 4 is 11.7 Å². The molecule has 0 spiro atoms. The Labute approximate surface area is 154 Å². The third kappa shape index (κ3) is 4.40. The van der Waals surface area contributed by atoms with Gasteiger partial charge in [-0.2, -0.15) is 13.2 Å². The van der Waals surface area contributed by atoms with Gasteiger partial charge in [-0.05, 0) is 32.4 Å². The molecule has 0 saturated carbocycles. The van der Waals surface area contributed by atoms with E-state index in [1.165, 1.54) is 6.07 Å². The zero-order valence-electron chi connectivity index (χ0n) is 15.2. The molecule has 0 aliphatic carbocycles. The zero-order chi connectivity index (χ0) is 19.6. The van der Waals surface area contributed by atoms with Crippen LogP contribution in [0.15, 0.2) is 22.9 Å². The maximum atomic E-state index is 12.6. The van der Waals surface area contributed by atoms with Crippen LogP contribution in [0.3, 0.4) is 0 Å². The molecule has 2 aromatic rings. The molecule has 1 fully saturated rings. The third-order valence-electron chi connectivity index (χ3n) is 4.80. The van der Waals surface area contributed by atoms with Gasteiger partial charge in [0.2, 0.25) is 5.91 Å². The number of rotatable bonds is 4. The van der Waals surface area contributed by atoms with Crippen LogP contribution in [0.2, 0.25) is 0 Å². The number of carbonyl (C=O) groups excluding carboxylic acids is 1. The van der Waals surface area contributed by atoms with E-state index in [1.54, 1.807) is 4.90 Å². The predicted molar refractivity (Wildman–Crippen MR) is 92.3 cm³/mol. The second-order valence-corrected chi connectivity index (χ2v) is 6.57. The third-order valence-corrected chi connectivity index (χ3v) is 4.80. The molecule has 0 bridgehead atoms. The van der Waals surface area contributed by atoms with Gasteiger partial charge in [-0.25, -0.2) is 4.98 Å². The number of nitrogens with zero attached hydrogens (tertiary/aromatic N) is 4. The molecule has 0 unspecified atom stereocenters.